The van der Waals surface area contributed by atoms with Crippen LogP contribution in [0.5, 0.6) is 0 Å². The van der Waals surface area contributed by atoms with E-state index in [9.17, 15) is 4.79 Å². The predicted molar refractivity (Wildman–Crippen MR) is 93.3 cm³/mol. The number of aliphatic hydroxyl groups is 1. The Labute approximate surface area is 137 Å². The zero-order chi connectivity index (χ0) is 16.7. The molecule has 1 amide bonds. The van der Waals surface area contributed by atoms with Crippen molar-refractivity contribution in [3.05, 3.63) is 65.2 Å². The average molecular weight is 312 g/mol. The Hall–Kier alpha value is -2.33. The summed E-state index contributed by atoms with van der Waals surface area (Å²) in [6, 6.07) is 15.3. The summed E-state index contributed by atoms with van der Waals surface area (Å²) in [6.07, 6.45) is 0.825. The summed E-state index contributed by atoms with van der Waals surface area (Å²) in [5.41, 5.74) is 4.15. The fraction of sp³-hybridized carbons (Fsp3) is 0.316. The molecule has 2 rings (SSSR count). The minimum atomic E-state index is -0.333. The summed E-state index contributed by atoms with van der Waals surface area (Å²) in [7, 11) is 0. The van der Waals surface area contributed by atoms with Crippen molar-refractivity contribution in [2.24, 2.45) is 0 Å². The molecule has 3 N–H and O–H groups in total. The van der Waals surface area contributed by atoms with Gasteiger partial charge in [-0.1, -0.05) is 36.4 Å². The lowest BCUT2D eigenvalue weighted by atomic mass is 10.1. The molecule has 0 fully saturated rings. The van der Waals surface area contributed by atoms with Crippen molar-refractivity contribution in [1.29, 1.82) is 0 Å². The van der Waals surface area contributed by atoms with Crippen molar-refractivity contribution < 1.29 is 9.90 Å². The highest BCUT2D eigenvalue weighted by Gasteiger charge is 2.12. The van der Waals surface area contributed by atoms with Crippen LogP contribution in [-0.2, 0) is 17.8 Å². The molecule has 0 aliphatic rings. The Morgan fingerprint density at radius 2 is 1.96 bits per heavy atom. The van der Waals surface area contributed by atoms with Crippen molar-refractivity contribution >= 4 is 11.6 Å². The highest BCUT2D eigenvalue weighted by Crippen LogP contribution is 2.12. The number of aryl methyl sites for hydroxylation is 1. The van der Waals surface area contributed by atoms with Gasteiger partial charge in [0.05, 0.1) is 6.61 Å². The number of rotatable bonds is 7. The summed E-state index contributed by atoms with van der Waals surface area (Å²) in [4.78, 5) is 12.2. The second-order valence-electron chi connectivity index (χ2n) is 5.69. The van der Waals surface area contributed by atoms with Crippen LogP contribution >= 0.6 is 0 Å². The van der Waals surface area contributed by atoms with Gasteiger partial charge in [-0.25, -0.2) is 0 Å². The second-order valence-corrected chi connectivity index (χ2v) is 5.69. The number of nitrogens with one attached hydrogen (secondary N) is 2. The minimum Gasteiger partial charge on any atom is -0.392 e. The number of anilines is 1. The quantitative estimate of drug-likeness (QED) is 0.736. The fourth-order valence-corrected chi connectivity index (χ4v) is 2.44. The van der Waals surface area contributed by atoms with Crippen LogP contribution in [0.1, 0.15) is 23.6 Å². The molecule has 4 nitrogen and oxygen atoms in total. The van der Waals surface area contributed by atoms with Gasteiger partial charge < -0.3 is 15.7 Å². The van der Waals surface area contributed by atoms with Crippen LogP contribution in [0.2, 0.25) is 0 Å². The van der Waals surface area contributed by atoms with Crippen LogP contribution in [0.25, 0.3) is 0 Å². The summed E-state index contributed by atoms with van der Waals surface area (Å²) < 4.78 is 0. The highest BCUT2D eigenvalue weighted by atomic mass is 16.3. The molecule has 0 aliphatic heterocycles. The van der Waals surface area contributed by atoms with Crippen LogP contribution in [0.3, 0.4) is 0 Å². The number of carbonyl (C=O) groups excluding carboxylic acids is 1. The van der Waals surface area contributed by atoms with Crippen LogP contribution < -0.4 is 10.6 Å². The van der Waals surface area contributed by atoms with Crippen molar-refractivity contribution in [2.75, 3.05) is 11.9 Å². The van der Waals surface area contributed by atoms with Crippen molar-refractivity contribution in [2.45, 2.75) is 32.9 Å². The summed E-state index contributed by atoms with van der Waals surface area (Å²) in [5, 5.41) is 15.3. The topological polar surface area (TPSA) is 61.4 Å². The number of hydrogen-bond acceptors (Lipinski definition) is 3. The second kappa shape index (κ2) is 8.34. The standard InChI is InChI=1S/C19H24N2O2/c1-14-6-3-4-8-17(14)10-11-20-19(23)15(2)21-18-9-5-7-16(12-18)13-22/h3-9,12,15,21-22H,10-11,13H2,1-2H3,(H,20,23). The summed E-state index contributed by atoms with van der Waals surface area (Å²) in [6.45, 7) is 4.52. The van der Waals surface area contributed by atoms with Gasteiger partial charge in [-0.15, -0.1) is 0 Å². The van der Waals surface area contributed by atoms with Gasteiger partial charge in [-0.2, -0.15) is 0 Å². The summed E-state index contributed by atoms with van der Waals surface area (Å²) in [5.74, 6) is -0.0343. The smallest absolute Gasteiger partial charge is 0.242 e. The van der Waals surface area contributed by atoms with Gasteiger partial charge in [0.2, 0.25) is 5.91 Å². The van der Waals surface area contributed by atoms with E-state index in [1.807, 2.05) is 43.3 Å². The van der Waals surface area contributed by atoms with Gasteiger partial charge >= 0.3 is 0 Å². The SMILES string of the molecule is Cc1ccccc1CCNC(=O)C(C)Nc1cccc(CO)c1. The Bertz CT molecular complexity index is 655. The third-order valence-electron chi connectivity index (χ3n) is 3.84. The van der Waals surface area contributed by atoms with Crippen LogP contribution in [0, 0.1) is 6.92 Å². The molecule has 0 spiro atoms. The van der Waals surface area contributed by atoms with Gasteiger partial charge in [0, 0.05) is 12.2 Å². The van der Waals surface area contributed by atoms with Crippen molar-refractivity contribution in [3.8, 4) is 0 Å². The number of amides is 1. The lowest BCUT2D eigenvalue weighted by Gasteiger charge is -2.16. The van der Waals surface area contributed by atoms with E-state index in [1.54, 1.807) is 0 Å². The molecule has 2 aromatic rings. The number of aliphatic hydroxyl groups excluding tert-OH is 1. The molecule has 0 heterocycles. The summed E-state index contributed by atoms with van der Waals surface area (Å²) >= 11 is 0. The molecule has 2 aromatic carbocycles. The monoisotopic (exact) mass is 312 g/mol. The molecule has 4 heteroatoms. The largest absolute Gasteiger partial charge is 0.392 e. The Morgan fingerprint density at radius 3 is 2.70 bits per heavy atom. The van der Waals surface area contributed by atoms with Gasteiger partial charge in [0.15, 0.2) is 0 Å². The Balaban J connectivity index is 1.82. The molecule has 0 bridgehead atoms. The van der Waals surface area contributed by atoms with Gasteiger partial charge in [0.1, 0.15) is 6.04 Å². The van der Waals surface area contributed by atoms with E-state index in [0.29, 0.717) is 6.54 Å². The maximum atomic E-state index is 12.2. The number of benzene rings is 2. The zero-order valence-corrected chi connectivity index (χ0v) is 13.7. The molecule has 1 unspecified atom stereocenters. The zero-order valence-electron chi connectivity index (χ0n) is 13.7. The molecule has 0 saturated carbocycles. The van der Waals surface area contributed by atoms with E-state index in [4.69, 9.17) is 5.11 Å². The number of carbonyl (C=O) groups is 1. The van der Waals surface area contributed by atoms with Crippen LogP contribution in [-0.4, -0.2) is 23.6 Å². The van der Waals surface area contributed by atoms with E-state index in [2.05, 4.69) is 29.7 Å². The average Bonchev–Trinajstić information content (AvgIpc) is 2.56. The molecule has 0 radical (unpaired) electrons. The van der Waals surface area contributed by atoms with E-state index in [-0.39, 0.29) is 18.6 Å². The fourth-order valence-electron chi connectivity index (χ4n) is 2.44. The first-order chi connectivity index (χ1) is 11.1. The molecule has 122 valence electrons. The molecule has 0 aliphatic carbocycles. The maximum absolute atomic E-state index is 12.2. The van der Waals surface area contributed by atoms with E-state index < -0.39 is 0 Å². The Kier molecular flexibility index (Phi) is 6.18. The maximum Gasteiger partial charge on any atom is 0.242 e. The molecular formula is C19H24N2O2. The first-order valence-electron chi connectivity index (χ1n) is 7.88. The van der Waals surface area contributed by atoms with Gasteiger partial charge in [0.25, 0.3) is 0 Å². The van der Waals surface area contributed by atoms with Crippen molar-refractivity contribution in [1.82, 2.24) is 5.32 Å². The Morgan fingerprint density at radius 1 is 1.17 bits per heavy atom. The minimum absolute atomic E-state index is 0.00742. The molecular weight excluding hydrogens is 288 g/mol. The first kappa shape index (κ1) is 17.0. The van der Waals surface area contributed by atoms with E-state index >= 15 is 0 Å². The highest BCUT2D eigenvalue weighted by molar-refractivity contribution is 5.84. The lowest BCUT2D eigenvalue weighted by Crippen LogP contribution is -2.38. The molecule has 1 atom stereocenters. The lowest BCUT2D eigenvalue weighted by molar-refractivity contribution is -0.121. The van der Waals surface area contributed by atoms with Crippen LogP contribution in [0.4, 0.5) is 5.69 Å². The molecule has 23 heavy (non-hydrogen) atoms. The molecule has 0 aromatic heterocycles. The van der Waals surface area contributed by atoms with Gasteiger partial charge in [-0.05, 0) is 49.1 Å². The van der Waals surface area contributed by atoms with E-state index in [0.717, 1.165) is 17.7 Å². The van der Waals surface area contributed by atoms with Crippen molar-refractivity contribution in [3.63, 3.8) is 0 Å². The first-order valence-corrected chi connectivity index (χ1v) is 7.88. The predicted octanol–water partition coefficient (Wildman–Crippen LogP) is 2.65. The third kappa shape index (κ3) is 5.11. The third-order valence-corrected chi connectivity index (χ3v) is 3.84. The molecule has 0 saturated heterocycles. The van der Waals surface area contributed by atoms with Crippen LogP contribution in [0.15, 0.2) is 48.5 Å². The van der Waals surface area contributed by atoms with Gasteiger partial charge in [-0.3, -0.25) is 4.79 Å². The van der Waals surface area contributed by atoms with E-state index in [1.165, 1.54) is 11.1 Å². The number of hydrogen-bond donors (Lipinski definition) is 3. The normalized spacial score (nSPS) is 11.8.